The highest BCUT2D eigenvalue weighted by molar-refractivity contribution is 5.49. The van der Waals surface area contributed by atoms with E-state index in [2.05, 4.69) is 12.2 Å². The SMILES string of the molecule is CCOC(C=CCCCCCCCCCCCC=O)OC(C=CCCCCCCCCCCCC=O)OCC. The fourth-order valence-electron chi connectivity index (χ4n) is 4.61. The van der Waals surface area contributed by atoms with Gasteiger partial charge in [-0.25, -0.2) is 0 Å². The van der Waals surface area contributed by atoms with Crippen molar-refractivity contribution in [2.24, 2.45) is 0 Å². The van der Waals surface area contributed by atoms with E-state index in [0.717, 1.165) is 51.1 Å². The second-order valence-corrected chi connectivity index (χ2v) is 10.5. The van der Waals surface area contributed by atoms with Gasteiger partial charge in [0.25, 0.3) is 0 Å². The Morgan fingerprint density at radius 2 is 0.718 bits per heavy atom. The van der Waals surface area contributed by atoms with Crippen LogP contribution in [0.1, 0.15) is 155 Å². The van der Waals surface area contributed by atoms with Crippen molar-refractivity contribution >= 4 is 12.6 Å². The summed E-state index contributed by atoms with van der Waals surface area (Å²) >= 11 is 0. The molecule has 0 aromatic heterocycles. The van der Waals surface area contributed by atoms with Crippen LogP contribution >= 0.6 is 0 Å². The third-order valence-corrected chi connectivity index (χ3v) is 6.90. The van der Waals surface area contributed by atoms with E-state index in [-0.39, 0.29) is 12.6 Å². The van der Waals surface area contributed by atoms with Crippen molar-refractivity contribution in [3.63, 3.8) is 0 Å². The van der Waals surface area contributed by atoms with E-state index in [1.807, 2.05) is 26.0 Å². The molecule has 0 saturated carbocycles. The summed E-state index contributed by atoms with van der Waals surface area (Å²) in [5.74, 6) is 0. The number of carbonyl (C=O) groups is 2. The van der Waals surface area contributed by atoms with Crippen LogP contribution in [0.25, 0.3) is 0 Å². The van der Waals surface area contributed by atoms with Crippen LogP contribution in [0, 0.1) is 0 Å². The molecule has 0 rings (SSSR count). The number of unbranched alkanes of at least 4 members (excludes halogenated alkanes) is 20. The normalized spacial score (nSPS) is 13.4. The van der Waals surface area contributed by atoms with Gasteiger partial charge in [-0.05, 0) is 64.5 Å². The maximum Gasteiger partial charge on any atom is 0.180 e. The quantitative estimate of drug-likeness (QED) is 0.0361. The molecule has 0 fully saturated rings. The summed E-state index contributed by atoms with van der Waals surface area (Å²) in [5.41, 5.74) is 0. The van der Waals surface area contributed by atoms with Crippen molar-refractivity contribution in [2.45, 2.75) is 168 Å². The average Bonchev–Trinajstić information content (AvgIpc) is 2.94. The standard InChI is InChI=1S/C34H62O5/c1-3-37-33(29-25-21-17-13-9-5-7-11-15-19-23-27-31-35)39-34(38-4-2)30-26-22-18-14-10-6-8-12-16-20-24-28-32-36/h25-26,29-34H,3-24,27-28H2,1-2H3. The summed E-state index contributed by atoms with van der Waals surface area (Å²) in [4.78, 5) is 20.6. The van der Waals surface area contributed by atoms with Crippen LogP contribution in [0.3, 0.4) is 0 Å². The first-order chi connectivity index (χ1) is 19.3. The molecule has 5 nitrogen and oxygen atoms in total. The Kier molecular flexibility index (Phi) is 31.8. The Labute approximate surface area is 241 Å². The first-order valence-electron chi connectivity index (χ1n) is 16.4. The summed E-state index contributed by atoms with van der Waals surface area (Å²) in [6.45, 7) is 5.19. The zero-order valence-corrected chi connectivity index (χ0v) is 25.6. The number of hydrogen-bond acceptors (Lipinski definition) is 5. The van der Waals surface area contributed by atoms with Crippen LogP contribution in [0.2, 0.25) is 0 Å². The Morgan fingerprint density at radius 1 is 0.436 bits per heavy atom. The second-order valence-electron chi connectivity index (χ2n) is 10.5. The minimum absolute atomic E-state index is 0.381. The van der Waals surface area contributed by atoms with Crippen LogP contribution in [-0.2, 0) is 23.8 Å². The third-order valence-electron chi connectivity index (χ3n) is 6.90. The van der Waals surface area contributed by atoms with Crippen molar-refractivity contribution in [1.29, 1.82) is 0 Å². The molecule has 2 atom stereocenters. The van der Waals surface area contributed by atoms with Crippen LogP contribution in [0.4, 0.5) is 0 Å². The predicted molar refractivity (Wildman–Crippen MR) is 164 cm³/mol. The van der Waals surface area contributed by atoms with Crippen molar-refractivity contribution < 1.29 is 23.8 Å². The zero-order valence-electron chi connectivity index (χ0n) is 25.6. The Balaban J connectivity index is 3.96. The molecule has 0 spiro atoms. The number of ether oxygens (including phenoxy) is 3. The molecule has 0 radical (unpaired) electrons. The Bertz CT molecular complexity index is 512. The van der Waals surface area contributed by atoms with E-state index in [4.69, 9.17) is 14.2 Å². The van der Waals surface area contributed by atoms with Crippen LogP contribution in [-0.4, -0.2) is 38.4 Å². The lowest BCUT2D eigenvalue weighted by Gasteiger charge is -2.20. The van der Waals surface area contributed by atoms with Gasteiger partial charge in [-0.3, -0.25) is 0 Å². The molecule has 0 aliphatic rings. The number of hydrogen-bond donors (Lipinski definition) is 0. The molecule has 5 heteroatoms. The van der Waals surface area contributed by atoms with Crippen molar-refractivity contribution in [3.05, 3.63) is 24.3 Å². The number of rotatable bonds is 32. The maximum atomic E-state index is 10.3. The molecule has 228 valence electrons. The van der Waals surface area contributed by atoms with E-state index in [9.17, 15) is 9.59 Å². The molecule has 0 saturated heterocycles. The smallest absolute Gasteiger partial charge is 0.180 e. The van der Waals surface area contributed by atoms with Gasteiger partial charge in [0, 0.05) is 26.1 Å². The number of carbonyl (C=O) groups excluding carboxylic acids is 2. The van der Waals surface area contributed by atoms with Gasteiger partial charge < -0.3 is 23.8 Å². The summed E-state index contributed by atoms with van der Waals surface area (Å²) < 4.78 is 17.7. The summed E-state index contributed by atoms with van der Waals surface area (Å²) in [6.07, 6.45) is 35.7. The highest BCUT2D eigenvalue weighted by Gasteiger charge is 2.12. The highest BCUT2D eigenvalue weighted by Crippen LogP contribution is 2.14. The molecule has 2 unspecified atom stereocenters. The lowest BCUT2D eigenvalue weighted by atomic mass is 10.1. The summed E-state index contributed by atoms with van der Waals surface area (Å²) in [5, 5.41) is 0. The van der Waals surface area contributed by atoms with E-state index < -0.39 is 0 Å². The van der Waals surface area contributed by atoms with Crippen LogP contribution in [0.5, 0.6) is 0 Å². The van der Waals surface area contributed by atoms with E-state index in [1.54, 1.807) is 0 Å². The number of aldehydes is 2. The molecule has 0 aliphatic carbocycles. The molecule has 0 bridgehead atoms. The fourth-order valence-corrected chi connectivity index (χ4v) is 4.61. The first-order valence-corrected chi connectivity index (χ1v) is 16.4. The van der Waals surface area contributed by atoms with Gasteiger partial charge in [-0.2, -0.15) is 0 Å². The minimum atomic E-state index is -0.381. The van der Waals surface area contributed by atoms with Gasteiger partial charge in [-0.15, -0.1) is 0 Å². The minimum Gasteiger partial charge on any atom is -0.349 e. The van der Waals surface area contributed by atoms with E-state index in [1.165, 1.54) is 103 Å². The predicted octanol–water partition coefficient (Wildman–Crippen LogP) is 9.82. The van der Waals surface area contributed by atoms with Gasteiger partial charge in [0.05, 0.1) is 0 Å². The van der Waals surface area contributed by atoms with Gasteiger partial charge in [-0.1, -0.05) is 102 Å². The molecule has 0 amide bonds. The molecular weight excluding hydrogens is 488 g/mol. The third kappa shape index (κ3) is 29.5. The van der Waals surface area contributed by atoms with Crippen LogP contribution < -0.4 is 0 Å². The molecule has 0 aromatic rings. The summed E-state index contributed by atoms with van der Waals surface area (Å²) in [7, 11) is 0. The Hall–Kier alpha value is -1.30. The van der Waals surface area contributed by atoms with Crippen molar-refractivity contribution in [3.8, 4) is 0 Å². The van der Waals surface area contributed by atoms with Gasteiger partial charge in [0.15, 0.2) is 12.6 Å². The molecule has 0 aromatic carbocycles. The topological polar surface area (TPSA) is 61.8 Å². The lowest BCUT2D eigenvalue weighted by molar-refractivity contribution is -0.204. The maximum absolute atomic E-state index is 10.3. The summed E-state index contributed by atoms with van der Waals surface area (Å²) in [6, 6.07) is 0. The molecule has 0 N–H and O–H groups in total. The van der Waals surface area contributed by atoms with Crippen LogP contribution in [0.15, 0.2) is 24.3 Å². The first kappa shape index (κ1) is 37.7. The zero-order chi connectivity index (χ0) is 28.5. The molecule has 0 heterocycles. The molecule has 0 aliphatic heterocycles. The average molecular weight is 551 g/mol. The second kappa shape index (κ2) is 32.9. The highest BCUT2D eigenvalue weighted by atomic mass is 16.8. The monoisotopic (exact) mass is 550 g/mol. The molecule has 39 heavy (non-hydrogen) atoms. The molecular formula is C34H62O5. The van der Waals surface area contributed by atoms with Gasteiger partial charge in [0.1, 0.15) is 12.6 Å². The van der Waals surface area contributed by atoms with E-state index >= 15 is 0 Å². The Morgan fingerprint density at radius 3 is 1.00 bits per heavy atom. The van der Waals surface area contributed by atoms with E-state index in [0.29, 0.717) is 13.2 Å². The fraction of sp³-hybridized carbons (Fsp3) is 0.824. The lowest BCUT2D eigenvalue weighted by Crippen LogP contribution is -2.24. The largest absolute Gasteiger partial charge is 0.349 e. The number of allylic oxidation sites excluding steroid dienone is 2. The van der Waals surface area contributed by atoms with Gasteiger partial charge in [0.2, 0.25) is 0 Å². The van der Waals surface area contributed by atoms with Crippen molar-refractivity contribution in [1.82, 2.24) is 0 Å². The van der Waals surface area contributed by atoms with Crippen molar-refractivity contribution in [2.75, 3.05) is 13.2 Å². The van der Waals surface area contributed by atoms with Gasteiger partial charge >= 0.3 is 0 Å².